The molecule has 0 unspecified atom stereocenters. The van der Waals surface area contributed by atoms with E-state index in [0.717, 1.165) is 0 Å². The van der Waals surface area contributed by atoms with Gasteiger partial charge in [-0.05, 0) is 13.8 Å². The van der Waals surface area contributed by atoms with Crippen LogP contribution in [-0.4, -0.2) is 39.3 Å². The number of rotatable bonds is 7. The molecule has 0 heterocycles. The van der Waals surface area contributed by atoms with Crippen LogP contribution in [0.1, 0.15) is 13.8 Å². The first kappa shape index (κ1) is 13.2. The lowest BCUT2D eigenvalue weighted by atomic mass is 10.6. The number of hydrogen-bond acceptors (Lipinski definition) is 3. The molecule has 13 heavy (non-hydrogen) atoms. The number of hydrogen-bond donors (Lipinski definition) is 1. The van der Waals surface area contributed by atoms with Gasteiger partial charge in [0.2, 0.25) is 10.0 Å². The predicted octanol–water partition coefficient (Wildman–Crippen LogP) is 0.570. The van der Waals surface area contributed by atoms with Crippen molar-refractivity contribution < 1.29 is 13.2 Å². The fourth-order valence-electron chi connectivity index (χ4n) is 0.579. The lowest BCUT2D eigenvalue weighted by molar-refractivity contribution is 0.155. The molecule has 0 aliphatic heterocycles. The molecule has 0 saturated carbocycles. The van der Waals surface area contributed by atoms with Gasteiger partial charge in [0.05, 0.1) is 18.5 Å². The average Bonchev–Trinajstić information content (AvgIpc) is 2.03. The minimum atomic E-state index is -3.15. The first-order valence-electron chi connectivity index (χ1n) is 4.13. The Morgan fingerprint density at radius 3 is 2.46 bits per heavy atom. The molecule has 0 aromatic rings. The first-order chi connectivity index (χ1) is 6.00. The minimum Gasteiger partial charge on any atom is -0.379 e. The Hall–Kier alpha value is 0.160. The van der Waals surface area contributed by atoms with Gasteiger partial charge < -0.3 is 4.74 Å². The van der Waals surface area contributed by atoms with Crippen LogP contribution in [0.15, 0.2) is 0 Å². The van der Waals surface area contributed by atoms with Crippen LogP contribution in [0.2, 0.25) is 0 Å². The third-order valence-electron chi connectivity index (χ3n) is 1.39. The van der Waals surface area contributed by atoms with E-state index in [4.69, 9.17) is 16.3 Å². The van der Waals surface area contributed by atoms with Gasteiger partial charge in [-0.1, -0.05) is 0 Å². The van der Waals surface area contributed by atoms with E-state index in [2.05, 4.69) is 4.72 Å². The summed E-state index contributed by atoms with van der Waals surface area (Å²) in [6.07, 6.45) is 0. The van der Waals surface area contributed by atoms with Gasteiger partial charge in [-0.15, -0.1) is 11.6 Å². The lowest BCUT2D eigenvalue weighted by Gasteiger charge is -2.08. The number of alkyl halides is 1. The van der Waals surface area contributed by atoms with Gasteiger partial charge in [0.15, 0.2) is 0 Å². The van der Waals surface area contributed by atoms with Gasteiger partial charge in [-0.2, -0.15) is 0 Å². The summed E-state index contributed by atoms with van der Waals surface area (Å²) in [5.41, 5.74) is 0. The van der Waals surface area contributed by atoms with E-state index in [0.29, 0.717) is 25.6 Å². The Balaban J connectivity index is 3.53. The largest absolute Gasteiger partial charge is 0.379 e. The Kier molecular flexibility index (Phi) is 6.67. The molecule has 1 N–H and O–H groups in total. The first-order valence-corrected chi connectivity index (χ1v) is 6.21. The zero-order valence-corrected chi connectivity index (χ0v) is 9.49. The maximum absolute atomic E-state index is 11.2. The molecule has 0 spiro atoms. The fourth-order valence-corrected chi connectivity index (χ4v) is 1.39. The summed E-state index contributed by atoms with van der Waals surface area (Å²) in [6.45, 7) is 4.37. The SMILES string of the molecule is CC(C)S(=O)(=O)NCCOCCCl. The van der Waals surface area contributed by atoms with Crippen molar-refractivity contribution in [3.8, 4) is 0 Å². The van der Waals surface area contributed by atoms with Crippen LogP contribution in [0.25, 0.3) is 0 Å². The van der Waals surface area contributed by atoms with Crippen molar-refractivity contribution in [1.82, 2.24) is 4.72 Å². The van der Waals surface area contributed by atoms with Crippen LogP contribution in [-0.2, 0) is 14.8 Å². The van der Waals surface area contributed by atoms with Crippen LogP contribution in [0.3, 0.4) is 0 Å². The quantitative estimate of drug-likeness (QED) is 0.513. The third-order valence-corrected chi connectivity index (χ3v) is 3.39. The summed E-state index contributed by atoms with van der Waals surface area (Å²) in [5, 5.41) is -0.402. The average molecular weight is 230 g/mol. The molecule has 0 bridgehead atoms. The van der Waals surface area contributed by atoms with E-state index < -0.39 is 15.3 Å². The molecule has 0 fully saturated rings. The molecule has 0 radical (unpaired) electrons. The molecule has 0 atom stereocenters. The second kappa shape index (κ2) is 6.59. The van der Waals surface area contributed by atoms with E-state index in [1.165, 1.54) is 0 Å². The number of sulfonamides is 1. The van der Waals surface area contributed by atoms with E-state index >= 15 is 0 Å². The number of halogens is 1. The molecule has 0 aromatic carbocycles. The van der Waals surface area contributed by atoms with Gasteiger partial charge >= 0.3 is 0 Å². The van der Waals surface area contributed by atoms with Crippen molar-refractivity contribution in [2.45, 2.75) is 19.1 Å². The smallest absolute Gasteiger partial charge is 0.214 e. The summed E-state index contributed by atoms with van der Waals surface area (Å²) in [5.74, 6) is 0.428. The highest BCUT2D eigenvalue weighted by Gasteiger charge is 2.13. The normalized spacial score (nSPS) is 12.3. The van der Waals surface area contributed by atoms with E-state index in [-0.39, 0.29) is 0 Å². The van der Waals surface area contributed by atoms with Crippen molar-refractivity contribution in [3.05, 3.63) is 0 Å². The molecule has 0 rings (SSSR count). The fraction of sp³-hybridized carbons (Fsp3) is 1.00. The van der Waals surface area contributed by atoms with Crippen LogP contribution in [0.5, 0.6) is 0 Å². The molecule has 4 nitrogen and oxygen atoms in total. The minimum absolute atomic E-state index is 0.303. The molecule has 0 aliphatic carbocycles. The molecule has 0 amide bonds. The topological polar surface area (TPSA) is 55.4 Å². The Labute approximate surface area is 84.7 Å². The van der Waals surface area contributed by atoms with Gasteiger partial charge in [-0.25, -0.2) is 13.1 Å². The van der Waals surface area contributed by atoms with Crippen molar-refractivity contribution in [3.63, 3.8) is 0 Å². The zero-order valence-electron chi connectivity index (χ0n) is 7.92. The second-order valence-electron chi connectivity index (χ2n) is 2.79. The summed E-state index contributed by atoms with van der Waals surface area (Å²) in [7, 11) is -3.15. The highest BCUT2D eigenvalue weighted by Crippen LogP contribution is 1.94. The number of nitrogens with one attached hydrogen (secondary N) is 1. The summed E-state index contributed by atoms with van der Waals surface area (Å²) < 4.78 is 29.8. The Morgan fingerprint density at radius 1 is 1.38 bits per heavy atom. The molecular weight excluding hydrogens is 214 g/mol. The van der Waals surface area contributed by atoms with Crippen molar-refractivity contribution in [1.29, 1.82) is 0 Å². The van der Waals surface area contributed by atoms with Crippen LogP contribution in [0, 0.1) is 0 Å². The van der Waals surface area contributed by atoms with Crippen LogP contribution >= 0.6 is 11.6 Å². The van der Waals surface area contributed by atoms with Crippen LogP contribution in [0.4, 0.5) is 0 Å². The van der Waals surface area contributed by atoms with Gasteiger partial charge in [-0.3, -0.25) is 0 Å². The standard InChI is InChI=1S/C7H16ClNO3S/c1-7(2)13(10,11)9-4-6-12-5-3-8/h7,9H,3-6H2,1-2H3. The molecule has 0 aliphatic rings. The highest BCUT2D eigenvalue weighted by molar-refractivity contribution is 7.90. The molecular formula is C7H16ClNO3S. The second-order valence-corrected chi connectivity index (χ2v) is 5.49. The Bertz CT molecular complexity index is 216. The van der Waals surface area contributed by atoms with E-state index in [1.807, 2.05) is 0 Å². The van der Waals surface area contributed by atoms with Gasteiger partial charge in [0.1, 0.15) is 0 Å². The highest BCUT2D eigenvalue weighted by atomic mass is 35.5. The van der Waals surface area contributed by atoms with E-state index in [9.17, 15) is 8.42 Å². The molecule has 0 aromatic heterocycles. The van der Waals surface area contributed by atoms with Crippen molar-refractivity contribution >= 4 is 21.6 Å². The monoisotopic (exact) mass is 229 g/mol. The van der Waals surface area contributed by atoms with Gasteiger partial charge in [0.25, 0.3) is 0 Å². The molecule has 80 valence electrons. The maximum atomic E-state index is 11.2. The maximum Gasteiger partial charge on any atom is 0.214 e. The predicted molar refractivity (Wildman–Crippen MR) is 53.6 cm³/mol. The molecule has 0 saturated heterocycles. The summed E-state index contributed by atoms with van der Waals surface area (Å²) in [4.78, 5) is 0. The molecule has 6 heteroatoms. The van der Waals surface area contributed by atoms with Gasteiger partial charge in [0, 0.05) is 12.4 Å². The van der Waals surface area contributed by atoms with E-state index in [1.54, 1.807) is 13.8 Å². The lowest BCUT2D eigenvalue weighted by Crippen LogP contribution is -2.33. The number of ether oxygens (including phenoxy) is 1. The zero-order chi connectivity index (χ0) is 10.3. The summed E-state index contributed by atoms with van der Waals surface area (Å²) in [6, 6.07) is 0. The van der Waals surface area contributed by atoms with Crippen molar-refractivity contribution in [2.75, 3.05) is 25.6 Å². The summed E-state index contributed by atoms with van der Waals surface area (Å²) >= 11 is 5.36. The third kappa shape index (κ3) is 6.26. The van der Waals surface area contributed by atoms with Crippen LogP contribution < -0.4 is 4.72 Å². The Morgan fingerprint density at radius 2 is 2.00 bits per heavy atom. The van der Waals surface area contributed by atoms with Crippen molar-refractivity contribution in [2.24, 2.45) is 0 Å².